The van der Waals surface area contributed by atoms with E-state index in [1.165, 1.54) is 12.8 Å². The Morgan fingerprint density at radius 1 is 1.19 bits per heavy atom. The number of ether oxygens (including phenoxy) is 4. The molecule has 2 N–H and O–H groups in total. The van der Waals surface area contributed by atoms with Gasteiger partial charge in [0.1, 0.15) is 0 Å². The number of esters is 1. The molecule has 32 heavy (non-hydrogen) atoms. The van der Waals surface area contributed by atoms with Gasteiger partial charge in [-0.2, -0.15) is 0 Å². The fourth-order valence-corrected chi connectivity index (χ4v) is 3.08. The molecule has 1 fully saturated rings. The average Bonchev–Trinajstić information content (AvgIpc) is 3.60. The molecule has 1 aromatic carbocycles. The molecule has 1 aliphatic carbocycles. The largest absolute Gasteiger partial charge is 0.490 e. The molecule has 0 aromatic heterocycles. The minimum absolute atomic E-state index is 0. The Kier molecular flexibility index (Phi) is 12.5. The van der Waals surface area contributed by atoms with Crippen LogP contribution in [0.15, 0.2) is 23.2 Å². The third kappa shape index (κ3) is 10.2. The average molecular weight is 561 g/mol. The van der Waals surface area contributed by atoms with Crippen molar-refractivity contribution in [2.24, 2.45) is 10.9 Å². The first-order valence-electron chi connectivity index (χ1n) is 11.4. The number of carbonyl (C=O) groups excluding carboxylic acids is 1. The van der Waals surface area contributed by atoms with E-state index in [4.69, 9.17) is 18.9 Å². The van der Waals surface area contributed by atoms with Crippen LogP contribution in [-0.4, -0.2) is 58.1 Å². The first-order chi connectivity index (χ1) is 15.2. The van der Waals surface area contributed by atoms with Crippen molar-refractivity contribution in [3.05, 3.63) is 18.2 Å². The zero-order valence-corrected chi connectivity index (χ0v) is 21.2. The van der Waals surface area contributed by atoms with Crippen LogP contribution in [0.5, 0.6) is 11.5 Å². The first kappa shape index (κ1) is 26.5. The number of aliphatic imine (C=N–C) groups is 1. The van der Waals surface area contributed by atoms with Crippen LogP contribution in [0.3, 0.4) is 0 Å². The molecule has 1 saturated carbocycles. The van der Waals surface area contributed by atoms with Crippen LogP contribution in [0, 0.1) is 5.92 Å². The summed E-state index contributed by atoms with van der Waals surface area (Å²) in [5.41, 5.74) is 0.867. The number of hydrogen-bond acceptors (Lipinski definition) is 6. The van der Waals surface area contributed by atoms with Crippen molar-refractivity contribution in [1.82, 2.24) is 5.32 Å². The number of nitrogens with zero attached hydrogens (tertiary/aromatic N) is 1. The van der Waals surface area contributed by atoms with Gasteiger partial charge in [0.05, 0.1) is 19.8 Å². The van der Waals surface area contributed by atoms with Crippen molar-refractivity contribution in [1.29, 1.82) is 0 Å². The van der Waals surface area contributed by atoms with E-state index < -0.39 is 0 Å². The van der Waals surface area contributed by atoms with Crippen molar-refractivity contribution in [3.8, 4) is 11.5 Å². The van der Waals surface area contributed by atoms with Gasteiger partial charge in [0, 0.05) is 50.9 Å². The molecule has 0 amide bonds. The van der Waals surface area contributed by atoms with E-state index in [0.29, 0.717) is 45.2 Å². The summed E-state index contributed by atoms with van der Waals surface area (Å²) in [5, 5.41) is 6.68. The molecule has 0 spiro atoms. The zero-order valence-electron chi connectivity index (χ0n) is 18.9. The highest BCUT2D eigenvalue weighted by atomic mass is 127. The summed E-state index contributed by atoms with van der Waals surface area (Å²) >= 11 is 0. The lowest BCUT2D eigenvalue weighted by atomic mass is 10.2. The molecule has 0 unspecified atom stereocenters. The Balaban J connectivity index is 0.00000363. The molecule has 0 saturated heterocycles. The second-order valence-electron chi connectivity index (χ2n) is 7.77. The number of anilines is 1. The third-order valence-electron chi connectivity index (χ3n) is 4.93. The topological polar surface area (TPSA) is 90.4 Å². The summed E-state index contributed by atoms with van der Waals surface area (Å²) in [7, 11) is 0. The van der Waals surface area contributed by atoms with Crippen molar-refractivity contribution < 1.29 is 23.7 Å². The van der Waals surface area contributed by atoms with E-state index in [0.717, 1.165) is 55.7 Å². The standard InChI is InChI=1S/C23H35N3O5.HI/c1-2-29-22(27)6-3-11-24-23(25-12-4-13-28-17-18-7-8-18)26-19-9-10-20-21(16-19)31-15-5-14-30-20;/h9-10,16,18H,2-8,11-15,17H2,1H3,(H2,24,25,26);1H. The van der Waals surface area contributed by atoms with Crippen LogP contribution in [-0.2, 0) is 14.3 Å². The maximum absolute atomic E-state index is 11.5. The van der Waals surface area contributed by atoms with Gasteiger partial charge in [-0.25, -0.2) is 0 Å². The minimum atomic E-state index is -0.184. The molecule has 0 radical (unpaired) electrons. The molecular formula is C23H36IN3O5. The third-order valence-corrected chi connectivity index (χ3v) is 4.93. The molecule has 1 heterocycles. The van der Waals surface area contributed by atoms with E-state index in [2.05, 4.69) is 15.6 Å². The van der Waals surface area contributed by atoms with Gasteiger partial charge in [0.2, 0.25) is 0 Å². The number of benzene rings is 1. The summed E-state index contributed by atoms with van der Waals surface area (Å²) in [6, 6.07) is 5.78. The molecule has 2 aliphatic rings. The maximum Gasteiger partial charge on any atom is 0.305 e. The maximum atomic E-state index is 11.5. The zero-order chi connectivity index (χ0) is 21.7. The number of hydrogen-bond donors (Lipinski definition) is 2. The van der Waals surface area contributed by atoms with Crippen molar-refractivity contribution in [2.75, 3.05) is 51.4 Å². The number of carbonyl (C=O) groups is 1. The quantitative estimate of drug-likeness (QED) is 0.131. The predicted molar refractivity (Wildman–Crippen MR) is 135 cm³/mol. The van der Waals surface area contributed by atoms with E-state index in [1.54, 1.807) is 0 Å². The Morgan fingerprint density at radius 3 is 2.78 bits per heavy atom. The van der Waals surface area contributed by atoms with E-state index in [9.17, 15) is 4.79 Å². The summed E-state index contributed by atoms with van der Waals surface area (Å²) in [6.07, 6.45) is 5.38. The van der Waals surface area contributed by atoms with Crippen LogP contribution in [0.1, 0.15) is 45.4 Å². The summed E-state index contributed by atoms with van der Waals surface area (Å²) in [6.45, 7) is 6.42. The molecule has 0 atom stereocenters. The van der Waals surface area contributed by atoms with Crippen molar-refractivity contribution >= 4 is 41.6 Å². The van der Waals surface area contributed by atoms with Gasteiger partial charge in [-0.05, 0) is 50.7 Å². The molecule has 0 bridgehead atoms. The Bertz CT molecular complexity index is 728. The van der Waals surface area contributed by atoms with Gasteiger partial charge in [-0.1, -0.05) is 0 Å². The van der Waals surface area contributed by atoms with Crippen LogP contribution in [0.2, 0.25) is 0 Å². The van der Waals surface area contributed by atoms with Gasteiger partial charge >= 0.3 is 5.97 Å². The number of fused-ring (bicyclic) bond motifs is 1. The Hall–Kier alpha value is -1.75. The molecular weight excluding hydrogens is 525 g/mol. The smallest absolute Gasteiger partial charge is 0.305 e. The number of guanidine groups is 1. The van der Waals surface area contributed by atoms with Gasteiger partial charge in [0.25, 0.3) is 0 Å². The predicted octanol–water partition coefficient (Wildman–Crippen LogP) is 3.98. The molecule has 9 heteroatoms. The Morgan fingerprint density at radius 2 is 2.00 bits per heavy atom. The highest BCUT2D eigenvalue weighted by Gasteiger charge is 2.20. The molecule has 180 valence electrons. The molecule has 1 aromatic rings. The first-order valence-corrected chi connectivity index (χ1v) is 11.4. The van der Waals surface area contributed by atoms with Gasteiger partial charge in [-0.3, -0.25) is 9.79 Å². The van der Waals surface area contributed by atoms with E-state index in [1.807, 2.05) is 25.1 Å². The van der Waals surface area contributed by atoms with Crippen LogP contribution < -0.4 is 20.1 Å². The SMILES string of the molecule is CCOC(=O)CCCN=C(NCCCOCC1CC1)Nc1ccc2c(c1)OCCCO2.I. The Labute approximate surface area is 207 Å². The van der Waals surface area contributed by atoms with Crippen molar-refractivity contribution in [2.45, 2.75) is 45.4 Å². The lowest BCUT2D eigenvalue weighted by Crippen LogP contribution is -2.32. The van der Waals surface area contributed by atoms with Crippen LogP contribution >= 0.6 is 24.0 Å². The van der Waals surface area contributed by atoms with Gasteiger partial charge in [-0.15, -0.1) is 24.0 Å². The van der Waals surface area contributed by atoms with E-state index in [-0.39, 0.29) is 29.9 Å². The number of nitrogens with one attached hydrogen (secondary N) is 2. The second kappa shape index (κ2) is 15.2. The monoisotopic (exact) mass is 561 g/mol. The lowest BCUT2D eigenvalue weighted by molar-refractivity contribution is -0.143. The minimum Gasteiger partial charge on any atom is -0.490 e. The number of halogens is 1. The van der Waals surface area contributed by atoms with Gasteiger partial charge in [0.15, 0.2) is 17.5 Å². The van der Waals surface area contributed by atoms with E-state index >= 15 is 0 Å². The highest BCUT2D eigenvalue weighted by molar-refractivity contribution is 14.0. The fourth-order valence-electron chi connectivity index (χ4n) is 3.08. The molecule has 8 nitrogen and oxygen atoms in total. The summed E-state index contributed by atoms with van der Waals surface area (Å²) in [4.78, 5) is 16.1. The summed E-state index contributed by atoms with van der Waals surface area (Å²) < 4.78 is 22.1. The normalized spacial score (nSPS) is 15.3. The molecule has 3 rings (SSSR count). The summed E-state index contributed by atoms with van der Waals surface area (Å²) in [5.74, 6) is 2.76. The highest BCUT2D eigenvalue weighted by Crippen LogP contribution is 2.32. The fraction of sp³-hybridized carbons (Fsp3) is 0.652. The van der Waals surface area contributed by atoms with Gasteiger partial charge < -0.3 is 29.6 Å². The second-order valence-corrected chi connectivity index (χ2v) is 7.77. The lowest BCUT2D eigenvalue weighted by Gasteiger charge is -2.15. The number of rotatable bonds is 12. The van der Waals surface area contributed by atoms with Crippen LogP contribution in [0.25, 0.3) is 0 Å². The van der Waals surface area contributed by atoms with Crippen molar-refractivity contribution in [3.63, 3.8) is 0 Å². The molecule has 1 aliphatic heterocycles. The van der Waals surface area contributed by atoms with Crippen LogP contribution in [0.4, 0.5) is 5.69 Å².